The van der Waals surface area contributed by atoms with E-state index in [1.54, 1.807) is 18.6 Å². The van der Waals surface area contributed by atoms with Gasteiger partial charge in [0.05, 0.1) is 25.6 Å². The van der Waals surface area contributed by atoms with Crippen LogP contribution in [0, 0.1) is 0 Å². The third kappa shape index (κ3) is 4.31. The molecule has 6 heteroatoms. The van der Waals surface area contributed by atoms with E-state index in [2.05, 4.69) is 11.9 Å². The normalized spacial score (nSPS) is 23.7. The van der Waals surface area contributed by atoms with E-state index in [1.807, 2.05) is 22.9 Å². The Morgan fingerprint density at radius 3 is 2.96 bits per heavy atom. The van der Waals surface area contributed by atoms with Crippen LogP contribution in [-0.4, -0.2) is 28.0 Å². The molecule has 2 heterocycles. The first kappa shape index (κ1) is 17.7. The van der Waals surface area contributed by atoms with Gasteiger partial charge in [-0.05, 0) is 30.5 Å². The zero-order valence-electron chi connectivity index (χ0n) is 13.8. The van der Waals surface area contributed by atoms with Crippen molar-refractivity contribution >= 4 is 23.2 Å². The maximum absolute atomic E-state index is 6.31. The van der Waals surface area contributed by atoms with E-state index in [-0.39, 0.29) is 6.10 Å². The Morgan fingerprint density at radius 2 is 2.25 bits per heavy atom. The van der Waals surface area contributed by atoms with Crippen LogP contribution in [0.1, 0.15) is 31.7 Å². The number of nitrogens with zero attached hydrogens (tertiary/aromatic N) is 2. The average molecular weight is 369 g/mol. The predicted octanol–water partition coefficient (Wildman–Crippen LogP) is 4.73. The van der Waals surface area contributed by atoms with Crippen LogP contribution in [0.15, 0.2) is 36.9 Å². The summed E-state index contributed by atoms with van der Waals surface area (Å²) in [5, 5.41) is 1.33. The molecule has 0 aliphatic carbocycles. The molecule has 1 saturated heterocycles. The van der Waals surface area contributed by atoms with Gasteiger partial charge in [-0.2, -0.15) is 0 Å². The van der Waals surface area contributed by atoms with Crippen molar-refractivity contribution in [2.24, 2.45) is 0 Å². The third-order valence-corrected chi connectivity index (χ3v) is 4.88. The fraction of sp³-hybridized carbons (Fsp3) is 0.500. The summed E-state index contributed by atoms with van der Waals surface area (Å²) in [4.78, 5) is 4.11. The van der Waals surface area contributed by atoms with Crippen LogP contribution in [0.5, 0.6) is 0 Å². The summed E-state index contributed by atoms with van der Waals surface area (Å²) in [5.74, 6) is -0.635. The minimum absolute atomic E-state index is 0.152. The van der Waals surface area contributed by atoms with Gasteiger partial charge >= 0.3 is 0 Å². The van der Waals surface area contributed by atoms with E-state index in [0.717, 1.165) is 31.2 Å². The lowest BCUT2D eigenvalue weighted by Gasteiger charge is -2.29. The smallest absolute Gasteiger partial charge is 0.187 e. The highest BCUT2D eigenvalue weighted by molar-refractivity contribution is 6.35. The molecule has 3 rings (SSSR count). The van der Waals surface area contributed by atoms with Gasteiger partial charge in [0.1, 0.15) is 0 Å². The molecule has 2 aromatic rings. The van der Waals surface area contributed by atoms with Crippen LogP contribution >= 0.6 is 23.2 Å². The van der Waals surface area contributed by atoms with Crippen LogP contribution < -0.4 is 0 Å². The second-order valence-electron chi connectivity index (χ2n) is 6.22. The lowest BCUT2D eigenvalue weighted by molar-refractivity contribution is -0.182. The van der Waals surface area contributed by atoms with Gasteiger partial charge in [0.2, 0.25) is 0 Å². The number of ether oxygens (including phenoxy) is 2. The topological polar surface area (TPSA) is 36.3 Å². The molecule has 0 N–H and O–H groups in total. The molecular formula is C18H22Cl2N2O2. The standard InChI is InChI=1S/C18H22Cl2N2O2/c1-2-3-16-11-23-18(24-16,12-22-9-8-21-13-22)7-6-14-4-5-15(19)10-17(14)20/h4-5,8-10,13,16H,2-3,6-7,11-12H2,1H3. The highest BCUT2D eigenvalue weighted by atomic mass is 35.5. The van der Waals surface area contributed by atoms with Gasteiger partial charge in [0.25, 0.3) is 0 Å². The SMILES string of the molecule is CCCC1COC(CCc2ccc(Cl)cc2Cl)(Cn2ccnc2)O1. The van der Waals surface area contributed by atoms with Crippen LogP contribution in [0.4, 0.5) is 0 Å². The predicted molar refractivity (Wildman–Crippen MR) is 95.5 cm³/mol. The Balaban J connectivity index is 1.72. The van der Waals surface area contributed by atoms with Gasteiger partial charge < -0.3 is 14.0 Å². The van der Waals surface area contributed by atoms with Crippen molar-refractivity contribution in [1.29, 1.82) is 0 Å². The summed E-state index contributed by atoms with van der Waals surface area (Å²) >= 11 is 12.3. The number of hydrogen-bond donors (Lipinski definition) is 0. The van der Waals surface area contributed by atoms with Crippen molar-refractivity contribution in [1.82, 2.24) is 9.55 Å². The van der Waals surface area contributed by atoms with E-state index in [9.17, 15) is 0 Å². The third-order valence-electron chi connectivity index (χ3n) is 4.30. The summed E-state index contributed by atoms with van der Waals surface area (Å²) in [5.41, 5.74) is 1.05. The Hall–Kier alpha value is -1.07. The van der Waals surface area contributed by atoms with E-state index in [4.69, 9.17) is 32.7 Å². The van der Waals surface area contributed by atoms with E-state index < -0.39 is 5.79 Å². The van der Waals surface area contributed by atoms with Crippen molar-refractivity contribution in [2.75, 3.05) is 6.61 Å². The summed E-state index contributed by atoms with van der Waals surface area (Å²) in [7, 11) is 0. The lowest BCUT2D eigenvalue weighted by atomic mass is 10.0. The molecule has 1 aliphatic rings. The van der Waals surface area contributed by atoms with Crippen molar-refractivity contribution in [3.8, 4) is 0 Å². The number of hydrogen-bond acceptors (Lipinski definition) is 3. The van der Waals surface area contributed by atoms with Gasteiger partial charge in [0, 0.05) is 28.9 Å². The number of benzene rings is 1. The monoisotopic (exact) mass is 368 g/mol. The molecule has 0 saturated carbocycles. The van der Waals surface area contributed by atoms with Crippen LogP contribution in [-0.2, 0) is 22.4 Å². The second kappa shape index (κ2) is 7.87. The summed E-state index contributed by atoms with van der Waals surface area (Å²) in [6.45, 7) is 3.42. The van der Waals surface area contributed by atoms with E-state index >= 15 is 0 Å². The Bertz CT molecular complexity index is 663. The molecule has 2 atom stereocenters. The highest BCUT2D eigenvalue weighted by Crippen LogP contribution is 2.33. The van der Waals surface area contributed by atoms with Gasteiger partial charge in [0.15, 0.2) is 5.79 Å². The van der Waals surface area contributed by atoms with Crippen molar-refractivity contribution in [3.05, 3.63) is 52.5 Å². The van der Waals surface area contributed by atoms with Gasteiger partial charge in [-0.15, -0.1) is 0 Å². The maximum Gasteiger partial charge on any atom is 0.187 e. The molecule has 130 valence electrons. The molecule has 1 fully saturated rings. The molecule has 24 heavy (non-hydrogen) atoms. The molecule has 0 amide bonds. The van der Waals surface area contributed by atoms with Crippen molar-refractivity contribution < 1.29 is 9.47 Å². The molecule has 1 aromatic heterocycles. The lowest BCUT2D eigenvalue weighted by Crippen LogP contribution is -2.36. The molecule has 0 spiro atoms. The first-order valence-electron chi connectivity index (χ1n) is 8.32. The summed E-state index contributed by atoms with van der Waals surface area (Å²) < 4.78 is 14.4. The van der Waals surface area contributed by atoms with Gasteiger partial charge in [-0.1, -0.05) is 42.6 Å². The number of rotatable bonds is 7. The Kier molecular flexibility index (Phi) is 5.82. The van der Waals surface area contributed by atoms with Crippen LogP contribution in [0.25, 0.3) is 0 Å². The zero-order chi connectivity index (χ0) is 17.0. The highest BCUT2D eigenvalue weighted by Gasteiger charge is 2.41. The van der Waals surface area contributed by atoms with E-state index in [1.165, 1.54) is 0 Å². The fourth-order valence-electron chi connectivity index (χ4n) is 3.08. The quantitative estimate of drug-likeness (QED) is 0.708. The van der Waals surface area contributed by atoms with E-state index in [0.29, 0.717) is 23.2 Å². The number of aryl methyl sites for hydroxylation is 1. The minimum Gasteiger partial charge on any atom is -0.345 e. The van der Waals surface area contributed by atoms with Gasteiger partial charge in [-0.25, -0.2) is 4.98 Å². The Labute approximate surface area is 152 Å². The fourth-order valence-corrected chi connectivity index (χ4v) is 3.58. The minimum atomic E-state index is -0.635. The molecule has 1 aromatic carbocycles. The van der Waals surface area contributed by atoms with Crippen molar-refractivity contribution in [2.45, 2.75) is 51.0 Å². The molecule has 4 nitrogen and oxygen atoms in total. The molecule has 1 aliphatic heterocycles. The summed E-state index contributed by atoms with van der Waals surface area (Å²) in [6.07, 6.45) is 9.22. The molecule has 2 unspecified atom stereocenters. The average Bonchev–Trinajstić information content (AvgIpc) is 3.18. The number of aromatic nitrogens is 2. The first-order chi connectivity index (χ1) is 11.6. The Morgan fingerprint density at radius 1 is 1.38 bits per heavy atom. The zero-order valence-corrected chi connectivity index (χ0v) is 15.3. The summed E-state index contributed by atoms with van der Waals surface area (Å²) in [6, 6.07) is 5.60. The maximum atomic E-state index is 6.31. The van der Waals surface area contributed by atoms with Crippen LogP contribution in [0.3, 0.4) is 0 Å². The first-order valence-corrected chi connectivity index (χ1v) is 9.07. The number of halogens is 2. The molecular weight excluding hydrogens is 347 g/mol. The van der Waals surface area contributed by atoms with Crippen LogP contribution in [0.2, 0.25) is 10.0 Å². The molecule has 0 bridgehead atoms. The second-order valence-corrected chi connectivity index (χ2v) is 7.06. The largest absolute Gasteiger partial charge is 0.345 e. The number of imidazole rings is 1. The van der Waals surface area contributed by atoms with Gasteiger partial charge in [-0.3, -0.25) is 0 Å². The molecule has 0 radical (unpaired) electrons. The van der Waals surface area contributed by atoms with Crippen molar-refractivity contribution in [3.63, 3.8) is 0 Å².